The maximum Gasteiger partial charge on any atom is 0.283 e. The van der Waals surface area contributed by atoms with Gasteiger partial charge in [-0.1, -0.05) is 76.7 Å². The number of rotatable bonds is 4. The zero-order valence-corrected chi connectivity index (χ0v) is 18.1. The van der Waals surface area contributed by atoms with E-state index in [4.69, 9.17) is 46.4 Å². The fourth-order valence-corrected chi connectivity index (χ4v) is 5.78. The third-order valence-electron chi connectivity index (χ3n) is 4.35. The van der Waals surface area contributed by atoms with Gasteiger partial charge in [0.1, 0.15) is 16.5 Å². The fraction of sp³-hybridized carbons (Fsp3) is 0.0526. The summed E-state index contributed by atoms with van der Waals surface area (Å²) >= 11 is 24.7. The topological polar surface area (TPSA) is 94.8 Å². The van der Waals surface area contributed by atoms with Crippen LogP contribution in [0.5, 0.6) is 11.5 Å². The summed E-state index contributed by atoms with van der Waals surface area (Å²) < 4.78 is 34.1. The van der Waals surface area contributed by atoms with Crippen molar-refractivity contribution in [1.29, 1.82) is 0 Å². The molecule has 5 nitrogen and oxygen atoms in total. The molecule has 0 radical (unpaired) electrons. The highest BCUT2D eigenvalue weighted by molar-refractivity contribution is 7.87. The van der Waals surface area contributed by atoms with Gasteiger partial charge in [-0.05, 0) is 29.3 Å². The van der Waals surface area contributed by atoms with Gasteiger partial charge >= 0.3 is 0 Å². The van der Waals surface area contributed by atoms with Gasteiger partial charge in [-0.15, -0.1) is 0 Å². The number of hydrogen-bond donors (Lipinski definition) is 3. The van der Waals surface area contributed by atoms with Gasteiger partial charge in [0, 0.05) is 16.7 Å². The second-order valence-corrected chi connectivity index (χ2v) is 9.26. The molecule has 0 saturated heterocycles. The summed E-state index contributed by atoms with van der Waals surface area (Å²) in [5.74, 6) is -0.828. The Morgan fingerprint density at radius 2 is 1.41 bits per heavy atom. The number of phenolic OH excluding ortho intramolecular Hbond substituents is 2. The van der Waals surface area contributed by atoms with Gasteiger partial charge in [0.2, 0.25) is 0 Å². The highest BCUT2D eigenvalue weighted by Gasteiger charge is 2.51. The van der Waals surface area contributed by atoms with Crippen molar-refractivity contribution < 1.29 is 23.2 Å². The van der Waals surface area contributed by atoms with Crippen LogP contribution in [0, 0.1) is 0 Å². The lowest BCUT2D eigenvalue weighted by atomic mass is 9.83. The summed E-state index contributed by atoms with van der Waals surface area (Å²) in [4.78, 5) is 0. The molecular weight excluding hydrogens is 482 g/mol. The smallest absolute Gasteiger partial charge is 0.283 e. The van der Waals surface area contributed by atoms with Crippen molar-refractivity contribution >= 4 is 56.5 Å². The molecule has 3 rings (SSSR count). The van der Waals surface area contributed by atoms with E-state index >= 15 is 0 Å². The Balaban J connectivity index is 2.65. The standard InChI is InChI=1S/C19H12Cl4O5S/c20-12-6-11(7-13(24)8-12)19(29(26,27)28,10-4-2-1-3-5-10)16-14(21)9-15(25)17(22)18(16)23/h1-9,24-25H,(H,26,27,28). The van der Waals surface area contributed by atoms with Crippen molar-refractivity contribution in [2.24, 2.45) is 0 Å². The minimum atomic E-state index is -5.07. The lowest BCUT2D eigenvalue weighted by molar-refractivity contribution is 0.455. The van der Waals surface area contributed by atoms with E-state index < -0.39 is 25.6 Å². The Morgan fingerprint density at radius 3 is 1.97 bits per heavy atom. The molecule has 0 spiro atoms. The van der Waals surface area contributed by atoms with Crippen molar-refractivity contribution in [1.82, 2.24) is 0 Å². The molecule has 0 aromatic heterocycles. The highest BCUT2D eigenvalue weighted by atomic mass is 35.5. The van der Waals surface area contributed by atoms with Crippen LogP contribution in [0.15, 0.2) is 54.6 Å². The first-order chi connectivity index (χ1) is 13.5. The number of halogens is 4. The summed E-state index contributed by atoms with van der Waals surface area (Å²) in [5, 5.41) is 19.0. The van der Waals surface area contributed by atoms with Crippen LogP contribution >= 0.6 is 46.4 Å². The quantitative estimate of drug-likeness (QED) is 0.239. The minimum Gasteiger partial charge on any atom is -0.508 e. The maximum absolute atomic E-state index is 13.0. The average molecular weight is 494 g/mol. The van der Waals surface area contributed by atoms with E-state index in [-0.39, 0.29) is 37.5 Å². The molecule has 0 aliphatic heterocycles. The third kappa shape index (κ3) is 3.65. The van der Waals surface area contributed by atoms with E-state index in [2.05, 4.69) is 0 Å². The molecule has 1 unspecified atom stereocenters. The molecule has 1 atom stereocenters. The molecule has 3 N–H and O–H groups in total. The van der Waals surface area contributed by atoms with Crippen LogP contribution in [-0.2, 0) is 14.9 Å². The highest BCUT2D eigenvalue weighted by Crippen LogP contribution is 2.52. The Bertz CT molecular complexity index is 1180. The Hall–Kier alpha value is -1.67. The molecule has 3 aromatic rings. The zero-order valence-electron chi connectivity index (χ0n) is 14.3. The Kier molecular flexibility index (Phi) is 5.98. The Labute approximate surface area is 186 Å². The normalized spacial score (nSPS) is 13.8. The van der Waals surface area contributed by atoms with Gasteiger partial charge in [-0.2, -0.15) is 8.42 Å². The number of benzene rings is 3. The second kappa shape index (κ2) is 7.87. The van der Waals surface area contributed by atoms with Gasteiger partial charge in [0.15, 0.2) is 4.75 Å². The first-order valence-corrected chi connectivity index (χ1v) is 10.8. The maximum atomic E-state index is 13.0. The van der Waals surface area contributed by atoms with Crippen LogP contribution in [0.2, 0.25) is 20.1 Å². The molecule has 10 heteroatoms. The molecule has 0 aliphatic rings. The van der Waals surface area contributed by atoms with E-state index in [1.54, 1.807) is 18.2 Å². The summed E-state index contributed by atoms with van der Waals surface area (Å²) in [6, 6.07) is 12.2. The van der Waals surface area contributed by atoms with E-state index in [9.17, 15) is 23.2 Å². The second-order valence-electron chi connectivity index (χ2n) is 6.10. The summed E-state index contributed by atoms with van der Waals surface area (Å²) in [6.45, 7) is 0. The number of aromatic hydroxyl groups is 2. The van der Waals surface area contributed by atoms with Crippen LogP contribution in [-0.4, -0.2) is 23.2 Å². The van der Waals surface area contributed by atoms with E-state index in [1.165, 1.54) is 24.3 Å². The first-order valence-electron chi connectivity index (χ1n) is 7.89. The molecule has 0 aliphatic carbocycles. The summed E-state index contributed by atoms with van der Waals surface area (Å²) in [7, 11) is -5.07. The average Bonchev–Trinajstić information content (AvgIpc) is 2.62. The van der Waals surface area contributed by atoms with Crippen molar-refractivity contribution in [3.63, 3.8) is 0 Å². The predicted octanol–water partition coefficient (Wildman–Crippen LogP) is 5.89. The molecular formula is C19H12Cl4O5S. The molecule has 0 saturated carbocycles. The van der Waals surface area contributed by atoms with Gasteiger partial charge in [-0.3, -0.25) is 4.55 Å². The van der Waals surface area contributed by atoms with Gasteiger partial charge < -0.3 is 10.2 Å². The molecule has 152 valence electrons. The SMILES string of the molecule is O=S(=O)(O)C(c1ccccc1)(c1cc(O)cc(Cl)c1)c1c(Cl)cc(O)c(Cl)c1Cl. The van der Waals surface area contributed by atoms with Crippen LogP contribution in [0.25, 0.3) is 0 Å². The predicted molar refractivity (Wildman–Crippen MR) is 114 cm³/mol. The third-order valence-corrected chi connectivity index (χ3v) is 7.17. The zero-order chi connectivity index (χ0) is 21.6. The molecule has 29 heavy (non-hydrogen) atoms. The number of hydrogen-bond acceptors (Lipinski definition) is 4. The minimum absolute atomic E-state index is 0.000997. The monoisotopic (exact) mass is 492 g/mol. The van der Waals surface area contributed by atoms with Gasteiger partial charge in [-0.25, -0.2) is 0 Å². The molecule has 0 amide bonds. The lowest BCUT2D eigenvalue weighted by Gasteiger charge is -2.34. The van der Waals surface area contributed by atoms with Crippen molar-refractivity contribution in [2.75, 3.05) is 0 Å². The van der Waals surface area contributed by atoms with E-state index in [0.29, 0.717) is 0 Å². The van der Waals surface area contributed by atoms with Crippen LogP contribution < -0.4 is 0 Å². The van der Waals surface area contributed by atoms with Crippen LogP contribution in [0.1, 0.15) is 16.7 Å². The Morgan fingerprint density at radius 1 is 0.793 bits per heavy atom. The van der Waals surface area contributed by atoms with Crippen molar-refractivity contribution in [2.45, 2.75) is 4.75 Å². The molecule has 0 fully saturated rings. The largest absolute Gasteiger partial charge is 0.508 e. The molecule has 0 heterocycles. The van der Waals surface area contributed by atoms with Gasteiger partial charge in [0.25, 0.3) is 10.1 Å². The lowest BCUT2D eigenvalue weighted by Crippen LogP contribution is -2.39. The van der Waals surface area contributed by atoms with Crippen LogP contribution in [0.3, 0.4) is 0 Å². The first kappa shape index (κ1) is 22.0. The summed E-state index contributed by atoms with van der Waals surface area (Å²) in [6.07, 6.45) is 0. The molecule has 3 aromatic carbocycles. The van der Waals surface area contributed by atoms with Crippen LogP contribution in [0.4, 0.5) is 0 Å². The number of phenols is 2. The van der Waals surface area contributed by atoms with Crippen molar-refractivity contribution in [3.8, 4) is 11.5 Å². The fourth-order valence-electron chi connectivity index (χ4n) is 3.24. The molecule has 0 bridgehead atoms. The van der Waals surface area contributed by atoms with E-state index in [0.717, 1.165) is 12.1 Å². The van der Waals surface area contributed by atoms with Gasteiger partial charge in [0.05, 0.1) is 10.0 Å². The van der Waals surface area contributed by atoms with E-state index in [1.807, 2.05) is 0 Å². The van der Waals surface area contributed by atoms with Crippen molar-refractivity contribution in [3.05, 3.63) is 91.4 Å². The summed E-state index contributed by atoms with van der Waals surface area (Å²) in [5.41, 5.74) is -0.393.